The van der Waals surface area contributed by atoms with Crippen molar-refractivity contribution in [2.75, 3.05) is 26.3 Å². The summed E-state index contributed by atoms with van der Waals surface area (Å²) < 4.78 is 19.7. The lowest BCUT2D eigenvalue weighted by Crippen LogP contribution is -2.56. The number of rotatable bonds is 1. The van der Waals surface area contributed by atoms with Gasteiger partial charge in [-0.3, -0.25) is 9.59 Å². The maximum Gasteiger partial charge on any atom is 0.317 e. The third-order valence-corrected chi connectivity index (χ3v) is 3.61. The summed E-state index contributed by atoms with van der Waals surface area (Å²) in [5, 5.41) is 9.21. The number of halogens is 1. The molecule has 0 saturated carbocycles. The standard InChI is InChI=1S/C10H14FNO4/c1-7(13)12-4-9(8(14)15)6-16-3-2-10(9,11)5-12/h2-6H2,1H3,(H,14,15)/t9-,10+/m1/s1. The van der Waals surface area contributed by atoms with Gasteiger partial charge in [-0.2, -0.15) is 0 Å². The molecule has 0 unspecified atom stereocenters. The lowest BCUT2D eigenvalue weighted by atomic mass is 9.73. The van der Waals surface area contributed by atoms with Gasteiger partial charge in [-0.25, -0.2) is 4.39 Å². The summed E-state index contributed by atoms with van der Waals surface area (Å²) in [6.07, 6.45) is 0.0308. The average molecular weight is 231 g/mol. The van der Waals surface area contributed by atoms with Crippen molar-refractivity contribution in [1.82, 2.24) is 4.90 Å². The first-order valence-corrected chi connectivity index (χ1v) is 5.17. The number of carbonyl (C=O) groups is 2. The second kappa shape index (κ2) is 3.41. The quantitative estimate of drug-likeness (QED) is 0.692. The van der Waals surface area contributed by atoms with Crippen LogP contribution in [-0.4, -0.2) is 53.9 Å². The number of nitrogens with zero attached hydrogens (tertiary/aromatic N) is 1. The summed E-state index contributed by atoms with van der Waals surface area (Å²) in [6.45, 7) is 1.11. The summed E-state index contributed by atoms with van der Waals surface area (Å²) in [7, 11) is 0. The first-order valence-electron chi connectivity index (χ1n) is 5.17. The number of carboxylic acid groups (broad SMARTS) is 1. The van der Waals surface area contributed by atoms with Crippen molar-refractivity contribution in [3.8, 4) is 0 Å². The Labute approximate surface area is 92.2 Å². The fourth-order valence-electron chi connectivity index (χ4n) is 2.49. The number of likely N-dealkylation sites (tertiary alicyclic amines) is 1. The summed E-state index contributed by atoms with van der Waals surface area (Å²) in [4.78, 5) is 23.7. The van der Waals surface area contributed by atoms with E-state index in [-0.39, 0.29) is 38.6 Å². The van der Waals surface area contributed by atoms with Gasteiger partial charge in [0.25, 0.3) is 0 Å². The highest BCUT2D eigenvalue weighted by molar-refractivity contribution is 5.81. The van der Waals surface area contributed by atoms with E-state index in [1.807, 2.05) is 0 Å². The normalized spacial score (nSPS) is 38.2. The molecule has 0 bridgehead atoms. The number of hydrogen-bond donors (Lipinski definition) is 1. The van der Waals surface area contributed by atoms with E-state index in [0.717, 1.165) is 0 Å². The second-order valence-corrected chi connectivity index (χ2v) is 4.53. The zero-order chi connectivity index (χ0) is 12.0. The molecule has 2 aliphatic rings. The molecular weight excluding hydrogens is 217 g/mol. The van der Waals surface area contributed by atoms with Crippen LogP contribution < -0.4 is 0 Å². The number of fused-ring (bicyclic) bond motifs is 1. The molecule has 0 aromatic heterocycles. The molecule has 2 heterocycles. The van der Waals surface area contributed by atoms with E-state index in [1.165, 1.54) is 11.8 Å². The number of ether oxygens (including phenoxy) is 1. The van der Waals surface area contributed by atoms with E-state index < -0.39 is 17.1 Å². The zero-order valence-electron chi connectivity index (χ0n) is 9.03. The highest BCUT2D eigenvalue weighted by Crippen LogP contribution is 2.47. The van der Waals surface area contributed by atoms with Gasteiger partial charge in [0.2, 0.25) is 5.91 Å². The van der Waals surface area contributed by atoms with Crippen LogP contribution in [-0.2, 0) is 14.3 Å². The number of aliphatic carboxylic acids is 1. The monoisotopic (exact) mass is 231 g/mol. The number of alkyl halides is 1. The highest BCUT2D eigenvalue weighted by atomic mass is 19.1. The molecule has 2 fully saturated rings. The van der Waals surface area contributed by atoms with Crippen LogP contribution in [0.2, 0.25) is 0 Å². The molecule has 90 valence electrons. The van der Waals surface area contributed by atoms with Crippen LogP contribution in [0.3, 0.4) is 0 Å². The molecule has 2 rings (SSSR count). The maximum atomic E-state index is 14.6. The van der Waals surface area contributed by atoms with Crippen LogP contribution >= 0.6 is 0 Å². The van der Waals surface area contributed by atoms with Gasteiger partial charge in [0.15, 0.2) is 5.67 Å². The van der Waals surface area contributed by atoms with E-state index in [2.05, 4.69) is 0 Å². The Morgan fingerprint density at radius 1 is 1.44 bits per heavy atom. The fourth-order valence-corrected chi connectivity index (χ4v) is 2.49. The van der Waals surface area contributed by atoms with Crippen molar-refractivity contribution in [3.05, 3.63) is 0 Å². The summed E-state index contributed by atoms with van der Waals surface area (Å²) in [5.74, 6) is -1.52. The van der Waals surface area contributed by atoms with Gasteiger partial charge in [0.05, 0.1) is 13.2 Å². The topological polar surface area (TPSA) is 66.8 Å². The van der Waals surface area contributed by atoms with Gasteiger partial charge >= 0.3 is 5.97 Å². The van der Waals surface area contributed by atoms with Gasteiger partial charge in [-0.05, 0) is 0 Å². The van der Waals surface area contributed by atoms with Crippen molar-refractivity contribution in [2.45, 2.75) is 19.0 Å². The summed E-state index contributed by atoms with van der Waals surface area (Å²) in [5.41, 5.74) is -3.44. The largest absolute Gasteiger partial charge is 0.481 e. The summed E-state index contributed by atoms with van der Waals surface area (Å²) in [6, 6.07) is 0. The van der Waals surface area contributed by atoms with Crippen LogP contribution in [0.1, 0.15) is 13.3 Å². The molecule has 0 radical (unpaired) electrons. The third-order valence-electron chi connectivity index (χ3n) is 3.61. The molecule has 2 aliphatic heterocycles. The number of carbonyl (C=O) groups excluding carboxylic acids is 1. The van der Waals surface area contributed by atoms with E-state index >= 15 is 0 Å². The lowest BCUT2D eigenvalue weighted by molar-refractivity contribution is -0.171. The van der Waals surface area contributed by atoms with Gasteiger partial charge in [-0.15, -0.1) is 0 Å². The first kappa shape index (κ1) is 11.3. The second-order valence-electron chi connectivity index (χ2n) is 4.53. The van der Waals surface area contributed by atoms with Crippen LogP contribution in [0.5, 0.6) is 0 Å². The molecule has 5 nitrogen and oxygen atoms in total. The van der Waals surface area contributed by atoms with Gasteiger partial charge < -0.3 is 14.7 Å². The predicted molar refractivity (Wildman–Crippen MR) is 51.6 cm³/mol. The van der Waals surface area contributed by atoms with E-state index in [1.54, 1.807) is 0 Å². The van der Waals surface area contributed by atoms with Gasteiger partial charge in [0, 0.05) is 26.5 Å². The first-order chi connectivity index (χ1) is 7.41. The fraction of sp³-hybridized carbons (Fsp3) is 0.800. The van der Waals surface area contributed by atoms with Crippen LogP contribution in [0.25, 0.3) is 0 Å². The van der Waals surface area contributed by atoms with Crippen molar-refractivity contribution in [2.24, 2.45) is 5.41 Å². The Morgan fingerprint density at radius 3 is 2.62 bits per heavy atom. The molecular formula is C10H14FNO4. The molecule has 1 amide bonds. The molecule has 0 aromatic carbocycles. The molecule has 2 atom stereocenters. The minimum atomic E-state index is -1.86. The molecule has 6 heteroatoms. The zero-order valence-corrected chi connectivity index (χ0v) is 9.03. The van der Waals surface area contributed by atoms with Crippen molar-refractivity contribution >= 4 is 11.9 Å². The Kier molecular flexibility index (Phi) is 2.41. The molecule has 16 heavy (non-hydrogen) atoms. The van der Waals surface area contributed by atoms with E-state index in [4.69, 9.17) is 4.74 Å². The van der Waals surface area contributed by atoms with Gasteiger partial charge in [-0.1, -0.05) is 0 Å². The Morgan fingerprint density at radius 2 is 2.12 bits per heavy atom. The predicted octanol–water partition coefficient (Wildman–Crippen LogP) is 0.0481. The maximum absolute atomic E-state index is 14.6. The highest BCUT2D eigenvalue weighted by Gasteiger charge is 2.65. The smallest absolute Gasteiger partial charge is 0.317 e. The van der Waals surface area contributed by atoms with Crippen LogP contribution in [0.15, 0.2) is 0 Å². The molecule has 1 N–H and O–H groups in total. The SMILES string of the molecule is CC(=O)N1C[C@@]2(F)CCOC[C@@]2(C(=O)O)C1. The lowest BCUT2D eigenvalue weighted by Gasteiger charge is -2.38. The van der Waals surface area contributed by atoms with Crippen LogP contribution in [0.4, 0.5) is 4.39 Å². The van der Waals surface area contributed by atoms with Crippen molar-refractivity contribution in [1.29, 1.82) is 0 Å². The summed E-state index contributed by atoms with van der Waals surface area (Å²) >= 11 is 0. The Bertz CT molecular complexity index is 348. The Hall–Kier alpha value is -1.17. The van der Waals surface area contributed by atoms with Crippen molar-refractivity contribution < 1.29 is 23.8 Å². The number of carboxylic acids is 1. The average Bonchev–Trinajstić information content (AvgIpc) is 2.52. The Balaban J connectivity index is 2.37. The van der Waals surface area contributed by atoms with E-state index in [9.17, 15) is 19.1 Å². The molecule has 0 aliphatic carbocycles. The molecule has 0 spiro atoms. The van der Waals surface area contributed by atoms with Gasteiger partial charge in [0.1, 0.15) is 5.41 Å². The molecule has 2 saturated heterocycles. The van der Waals surface area contributed by atoms with E-state index in [0.29, 0.717) is 0 Å². The number of hydrogen-bond acceptors (Lipinski definition) is 3. The minimum absolute atomic E-state index is 0.0308. The van der Waals surface area contributed by atoms with Crippen LogP contribution in [0, 0.1) is 5.41 Å². The minimum Gasteiger partial charge on any atom is -0.481 e. The molecule has 0 aromatic rings. The third kappa shape index (κ3) is 1.32. The number of amides is 1. The van der Waals surface area contributed by atoms with Crippen molar-refractivity contribution in [3.63, 3.8) is 0 Å².